The molecule has 3 N–H and O–H groups in total. The van der Waals surface area contributed by atoms with Crippen LogP contribution in [0.5, 0.6) is 5.75 Å². The van der Waals surface area contributed by atoms with Crippen LogP contribution in [0.4, 0.5) is 24.5 Å². The molecule has 22 heavy (non-hydrogen) atoms. The van der Waals surface area contributed by atoms with E-state index in [0.717, 1.165) is 0 Å². The third-order valence-electron chi connectivity index (χ3n) is 4.01. The summed E-state index contributed by atoms with van der Waals surface area (Å²) in [6, 6.07) is 4.74. The molecular weight excluding hydrogens is 297 g/mol. The second kappa shape index (κ2) is 6.46. The van der Waals surface area contributed by atoms with Crippen LogP contribution in [-0.4, -0.2) is 19.2 Å². The topological polar surface area (TPSA) is 64.3 Å². The van der Waals surface area contributed by atoms with Crippen LogP contribution in [0.25, 0.3) is 0 Å². The number of nitrogens with two attached hydrogens (primary N) is 1. The minimum atomic E-state index is -4.23. The number of halogens is 3. The van der Waals surface area contributed by atoms with Gasteiger partial charge in [0.15, 0.2) is 0 Å². The number of carbonyl (C=O) groups is 1. The minimum Gasteiger partial charge on any atom is -0.495 e. The maximum Gasteiger partial charge on any atom is 0.391 e. The molecule has 1 fully saturated rings. The van der Waals surface area contributed by atoms with Gasteiger partial charge in [-0.1, -0.05) is 6.42 Å². The van der Waals surface area contributed by atoms with Gasteiger partial charge in [-0.2, -0.15) is 13.2 Å². The molecule has 1 amide bonds. The molecular formula is C15H19F3N2O2. The molecule has 2 unspecified atom stereocenters. The zero-order valence-corrected chi connectivity index (χ0v) is 12.2. The molecule has 0 heterocycles. The van der Waals surface area contributed by atoms with Crippen LogP contribution in [0.15, 0.2) is 18.2 Å². The van der Waals surface area contributed by atoms with Gasteiger partial charge in [0.2, 0.25) is 5.91 Å². The first kappa shape index (κ1) is 16.5. The molecule has 4 nitrogen and oxygen atoms in total. The highest BCUT2D eigenvalue weighted by atomic mass is 19.4. The summed E-state index contributed by atoms with van der Waals surface area (Å²) in [4.78, 5) is 12.2. The molecule has 1 aromatic carbocycles. The summed E-state index contributed by atoms with van der Waals surface area (Å²) < 4.78 is 43.3. The van der Waals surface area contributed by atoms with Gasteiger partial charge >= 0.3 is 6.18 Å². The zero-order valence-electron chi connectivity index (χ0n) is 12.2. The van der Waals surface area contributed by atoms with E-state index < -0.39 is 23.9 Å². The van der Waals surface area contributed by atoms with Crippen LogP contribution >= 0.6 is 0 Å². The zero-order chi connectivity index (χ0) is 16.3. The fraction of sp³-hybridized carbons (Fsp3) is 0.533. The number of carbonyl (C=O) groups excluding carboxylic acids is 1. The summed E-state index contributed by atoms with van der Waals surface area (Å²) >= 11 is 0. The highest BCUT2D eigenvalue weighted by Crippen LogP contribution is 2.40. The number of ether oxygens (including phenoxy) is 1. The molecule has 0 radical (unpaired) electrons. The molecule has 0 spiro atoms. The Bertz CT molecular complexity index is 546. The summed E-state index contributed by atoms with van der Waals surface area (Å²) in [5.41, 5.74) is 6.55. The number of benzene rings is 1. The number of nitrogen functional groups attached to an aromatic ring is 1. The van der Waals surface area contributed by atoms with Crippen molar-refractivity contribution in [2.45, 2.75) is 31.9 Å². The lowest BCUT2D eigenvalue weighted by Gasteiger charge is -2.29. The monoisotopic (exact) mass is 316 g/mol. The first-order valence-electron chi connectivity index (χ1n) is 7.12. The predicted molar refractivity (Wildman–Crippen MR) is 77.5 cm³/mol. The van der Waals surface area contributed by atoms with Gasteiger partial charge in [-0.25, -0.2) is 0 Å². The van der Waals surface area contributed by atoms with E-state index in [2.05, 4.69) is 5.32 Å². The molecule has 2 rings (SSSR count). The molecule has 1 saturated carbocycles. The Kier molecular flexibility index (Phi) is 4.83. The van der Waals surface area contributed by atoms with Gasteiger partial charge in [-0.3, -0.25) is 4.79 Å². The van der Waals surface area contributed by atoms with E-state index >= 15 is 0 Å². The van der Waals surface area contributed by atoms with Crippen molar-refractivity contribution in [2.24, 2.45) is 11.8 Å². The summed E-state index contributed by atoms with van der Waals surface area (Å²) in [5, 5.41) is 2.63. The molecule has 1 aliphatic rings. The Morgan fingerprint density at radius 2 is 2.09 bits per heavy atom. The molecule has 0 aromatic heterocycles. The van der Waals surface area contributed by atoms with Crippen LogP contribution in [0.1, 0.15) is 25.7 Å². The average molecular weight is 316 g/mol. The summed E-state index contributed by atoms with van der Waals surface area (Å²) in [6.45, 7) is 0. The Balaban J connectivity index is 2.01. The number of hydrogen-bond acceptors (Lipinski definition) is 3. The van der Waals surface area contributed by atoms with Crippen molar-refractivity contribution < 1.29 is 22.7 Å². The average Bonchev–Trinajstić information content (AvgIpc) is 2.46. The first-order chi connectivity index (χ1) is 10.3. The number of hydrogen-bond donors (Lipinski definition) is 2. The van der Waals surface area contributed by atoms with E-state index in [1.54, 1.807) is 12.1 Å². The molecule has 7 heteroatoms. The Morgan fingerprint density at radius 3 is 2.68 bits per heavy atom. The van der Waals surface area contributed by atoms with Crippen LogP contribution in [0.3, 0.4) is 0 Å². The van der Waals surface area contributed by atoms with Gasteiger partial charge < -0.3 is 15.8 Å². The quantitative estimate of drug-likeness (QED) is 0.838. The van der Waals surface area contributed by atoms with Crippen LogP contribution < -0.4 is 15.8 Å². The second-order valence-corrected chi connectivity index (χ2v) is 5.55. The largest absolute Gasteiger partial charge is 0.495 e. The van der Waals surface area contributed by atoms with Gasteiger partial charge in [0.25, 0.3) is 0 Å². The maximum absolute atomic E-state index is 12.8. The molecule has 0 bridgehead atoms. The highest BCUT2D eigenvalue weighted by molar-refractivity contribution is 5.93. The minimum absolute atomic E-state index is 0.1000. The standard InChI is InChI=1S/C15H19F3N2O2/c1-22-13-6-5-11(8-12(13)19)20-14(21)9-3-2-4-10(7-9)15(16,17)18/h5-6,8-10H,2-4,7,19H2,1H3,(H,20,21). The number of nitrogens with one attached hydrogen (secondary N) is 1. The van der Waals surface area contributed by atoms with E-state index in [1.165, 1.54) is 13.2 Å². The van der Waals surface area contributed by atoms with Gasteiger partial charge in [0, 0.05) is 11.6 Å². The number of anilines is 2. The molecule has 0 aliphatic heterocycles. The normalized spacial score (nSPS) is 22.2. The lowest BCUT2D eigenvalue weighted by Crippen LogP contribution is -2.34. The number of amides is 1. The van der Waals surface area contributed by atoms with E-state index in [4.69, 9.17) is 10.5 Å². The predicted octanol–water partition coefficient (Wildman–Crippen LogP) is 3.58. The summed E-state index contributed by atoms with van der Waals surface area (Å²) in [6.07, 6.45) is -3.40. The fourth-order valence-electron chi connectivity index (χ4n) is 2.78. The molecule has 2 atom stereocenters. The van der Waals surface area contributed by atoms with E-state index in [1.807, 2.05) is 0 Å². The van der Waals surface area contributed by atoms with Crippen molar-refractivity contribution in [3.8, 4) is 5.75 Å². The van der Waals surface area contributed by atoms with E-state index in [9.17, 15) is 18.0 Å². The van der Waals surface area contributed by atoms with E-state index in [0.29, 0.717) is 30.0 Å². The van der Waals surface area contributed by atoms with Crippen LogP contribution in [-0.2, 0) is 4.79 Å². The highest BCUT2D eigenvalue weighted by Gasteiger charge is 2.43. The van der Waals surface area contributed by atoms with Gasteiger partial charge in [0.1, 0.15) is 5.75 Å². The van der Waals surface area contributed by atoms with Gasteiger partial charge in [-0.05, 0) is 37.5 Å². The Morgan fingerprint density at radius 1 is 1.36 bits per heavy atom. The summed E-state index contributed by atoms with van der Waals surface area (Å²) in [7, 11) is 1.48. The van der Waals surface area contributed by atoms with Gasteiger partial charge in [-0.15, -0.1) is 0 Å². The Labute approximate surface area is 126 Å². The smallest absolute Gasteiger partial charge is 0.391 e. The van der Waals surface area contributed by atoms with Crippen molar-refractivity contribution in [1.82, 2.24) is 0 Å². The molecule has 0 saturated heterocycles. The van der Waals surface area contributed by atoms with Crippen molar-refractivity contribution in [3.63, 3.8) is 0 Å². The van der Waals surface area contributed by atoms with Crippen LogP contribution in [0, 0.1) is 11.8 Å². The third kappa shape index (κ3) is 3.84. The van der Waals surface area contributed by atoms with Crippen molar-refractivity contribution in [1.29, 1.82) is 0 Å². The van der Waals surface area contributed by atoms with Crippen LogP contribution in [0.2, 0.25) is 0 Å². The lowest BCUT2D eigenvalue weighted by molar-refractivity contribution is -0.185. The van der Waals surface area contributed by atoms with Crippen molar-refractivity contribution in [2.75, 3.05) is 18.2 Å². The molecule has 122 valence electrons. The van der Waals surface area contributed by atoms with E-state index in [-0.39, 0.29) is 12.8 Å². The summed E-state index contributed by atoms with van der Waals surface area (Å²) in [5.74, 6) is -1.92. The molecule has 1 aromatic rings. The second-order valence-electron chi connectivity index (χ2n) is 5.55. The molecule has 1 aliphatic carbocycles. The number of methoxy groups -OCH3 is 1. The Hall–Kier alpha value is -1.92. The van der Waals surface area contributed by atoms with Crippen molar-refractivity contribution in [3.05, 3.63) is 18.2 Å². The van der Waals surface area contributed by atoms with Crippen molar-refractivity contribution >= 4 is 17.3 Å². The first-order valence-corrected chi connectivity index (χ1v) is 7.12. The third-order valence-corrected chi connectivity index (χ3v) is 4.01. The fourth-order valence-corrected chi connectivity index (χ4v) is 2.78. The maximum atomic E-state index is 12.8. The van der Waals surface area contributed by atoms with Gasteiger partial charge in [0.05, 0.1) is 18.7 Å². The number of rotatable bonds is 3. The number of alkyl halides is 3. The SMILES string of the molecule is COc1ccc(NC(=O)C2CCCC(C(F)(F)F)C2)cc1N. The lowest BCUT2D eigenvalue weighted by atomic mass is 9.80.